The molecule has 1 N–H and O–H groups in total. The second kappa shape index (κ2) is 6.66. The SMILES string of the molecule is CCCNC(=O)CN(Cc1ccccc1F)C1CC1. The van der Waals surface area contributed by atoms with Crippen LogP contribution in [0.4, 0.5) is 4.39 Å². The monoisotopic (exact) mass is 264 g/mol. The normalized spacial score (nSPS) is 14.7. The summed E-state index contributed by atoms with van der Waals surface area (Å²) in [4.78, 5) is 13.8. The molecule has 0 spiro atoms. The van der Waals surface area contributed by atoms with Crippen molar-refractivity contribution in [2.24, 2.45) is 0 Å². The fourth-order valence-corrected chi connectivity index (χ4v) is 2.10. The second-order valence-electron chi connectivity index (χ2n) is 5.08. The Balaban J connectivity index is 1.93. The van der Waals surface area contributed by atoms with Gasteiger partial charge in [0.25, 0.3) is 0 Å². The lowest BCUT2D eigenvalue weighted by Crippen LogP contribution is -2.38. The van der Waals surface area contributed by atoms with E-state index >= 15 is 0 Å². The number of nitrogens with one attached hydrogen (secondary N) is 1. The molecule has 0 aromatic heterocycles. The predicted molar refractivity (Wildman–Crippen MR) is 73.1 cm³/mol. The van der Waals surface area contributed by atoms with Crippen molar-refractivity contribution in [3.63, 3.8) is 0 Å². The van der Waals surface area contributed by atoms with Crippen molar-refractivity contribution in [3.8, 4) is 0 Å². The third-order valence-corrected chi connectivity index (χ3v) is 3.31. The highest BCUT2D eigenvalue weighted by Crippen LogP contribution is 2.28. The first kappa shape index (κ1) is 14.0. The van der Waals surface area contributed by atoms with Gasteiger partial charge in [-0.15, -0.1) is 0 Å². The molecule has 0 aliphatic heterocycles. The van der Waals surface area contributed by atoms with Crippen LogP contribution < -0.4 is 5.32 Å². The third-order valence-electron chi connectivity index (χ3n) is 3.31. The van der Waals surface area contributed by atoms with Gasteiger partial charge in [-0.2, -0.15) is 0 Å². The zero-order valence-corrected chi connectivity index (χ0v) is 11.4. The number of carbonyl (C=O) groups is 1. The van der Waals surface area contributed by atoms with E-state index < -0.39 is 0 Å². The molecule has 1 aliphatic rings. The molecule has 1 aliphatic carbocycles. The minimum Gasteiger partial charge on any atom is -0.355 e. The molecule has 2 rings (SSSR count). The summed E-state index contributed by atoms with van der Waals surface area (Å²) in [5, 5.41) is 2.87. The summed E-state index contributed by atoms with van der Waals surface area (Å²) in [5.74, 6) is -0.160. The van der Waals surface area contributed by atoms with Gasteiger partial charge in [-0.1, -0.05) is 25.1 Å². The van der Waals surface area contributed by atoms with E-state index in [9.17, 15) is 9.18 Å². The van der Waals surface area contributed by atoms with Gasteiger partial charge in [-0.3, -0.25) is 9.69 Å². The summed E-state index contributed by atoms with van der Waals surface area (Å²) in [6, 6.07) is 7.22. The Kier molecular flexibility index (Phi) is 4.91. The van der Waals surface area contributed by atoms with Crippen LogP contribution in [-0.4, -0.2) is 29.9 Å². The summed E-state index contributed by atoms with van der Waals surface area (Å²) in [6.45, 7) is 3.60. The highest BCUT2D eigenvalue weighted by molar-refractivity contribution is 5.78. The van der Waals surface area contributed by atoms with Gasteiger partial charge in [0.05, 0.1) is 6.54 Å². The number of amides is 1. The summed E-state index contributed by atoms with van der Waals surface area (Å²) >= 11 is 0. The van der Waals surface area contributed by atoms with Crippen LogP contribution in [0.1, 0.15) is 31.7 Å². The van der Waals surface area contributed by atoms with Crippen LogP contribution in [0.3, 0.4) is 0 Å². The van der Waals surface area contributed by atoms with Crippen molar-refractivity contribution in [1.82, 2.24) is 10.2 Å². The molecule has 0 atom stereocenters. The molecule has 4 heteroatoms. The maximum atomic E-state index is 13.6. The number of carbonyl (C=O) groups excluding carboxylic acids is 1. The molecule has 0 heterocycles. The lowest BCUT2D eigenvalue weighted by Gasteiger charge is -2.21. The van der Waals surface area contributed by atoms with Crippen LogP contribution >= 0.6 is 0 Å². The van der Waals surface area contributed by atoms with E-state index in [1.807, 2.05) is 13.0 Å². The van der Waals surface area contributed by atoms with Crippen molar-refractivity contribution in [3.05, 3.63) is 35.6 Å². The minimum absolute atomic E-state index is 0.0325. The maximum Gasteiger partial charge on any atom is 0.234 e. The summed E-state index contributed by atoms with van der Waals surface area (Å²) < 4.78 is 13.6. The number of halogens is 1. The number of benzene rings is 1. The van der Waals surface area contributed by atoms with Crippen molar-refractivity contribution in [1.29, 1.82) is 0 Å². The molecule has 0 saturated heterocycles. The number of rotatable bonds is 7. The van der Waals surface area contributed by atoms with E-state index in [0.717, 1.165) is 19.3 Å². The van der Waals surface area contributed by atoms with Crippen LogP contribution in [0.15, 0.2) is 24.3 Å². The van der Waals surface area contributed by atoms with Gasteiger partial charge in [-0.25, -0.2) is 4.39 Å². The molecule has 3 nitrogen and oxygen atoms in total. The molecule has 19 heavy (non-hydrogen) atoms. The zero-order valence-electron chi connectivity index (χ0n) is 11.4. The van der Waals surface area contributed by atoms with Crippen molar-refractivity contribution >= 4 is 5.91 Å². The Morgan fingerprint density at radius 2 is 2.16 bits per heavy atom. The molecule has 1 aromatic rings. The van der Waals surface area contributed by atoms with E-state index in [4.69, 9.17) is 0 Å². The zero-order chi connectivity index (χ0) is 13.7. The highest BCUT2D eigenvalue weighted by atomic mass is 19.1. The van der Waals surface area contributed by atoms with Crippen LogP contribution in [-0.2, 0) is 11.3 Å². The van der Waals surface area contributed by atoms with Crippen LogP contribution in [0.5, 0.6) is 0 Å². The molecule has 0 unspecified atom stereocenters. The molecule has 1 saturated carbocycles. The van der Waals surface area contributed by atoms with Crippen molar-refractivity contribution in [2.75, 3.05) is 13.1 Å². The van der Waals surface area contributed by atoms with Gasteiger partial charge in [0.15, 0.2) is 0 Å². The lowest BCUT2D eigenvalue weighted by atomic mass is 10.2. The lowest BCUT2D eigenvalue weighted by molar-refractivity contribution is -0.122. The number of nitrogens with zero attached hydrogens (tertiary/aromatic N) is 1. The molecule has 0 radical (unpaired) electrons. The van der Waals surface area contributed by atoms with E-state index in [1.165, 1.54) is 6.07 Å². The number of hydrogen-bond donors (Lipinski definition) is 1. The summed E-state index contributed by atoms with van der Waals surface area (Å²) in [5.41, 5.74) is 0.665. The smallest absolute Gasteiger partial charge is 0.234 e. The van der Waals surface area contributed by atoms with Gasteiger partial charge in [0.1, 0.15) is 5.82 Å². The van der Waals surface area contributed by atoms with E-state index in [-0.39, 0.29) is 11.7 Å². The van der Waals surface area contributed by atoms with E-state index in [0.29, 0.717) is 31.2 Å². The van der Waals surface area contributed by atoms with Crippen LogP contribution in [0.2, 0.25) is 0 Å². The average Bonchev–Trinajstić information content (AvgIpc) is 3.22. The Bertz CT molecular complexity index is 432. The minimum atomic E-state index is -0.192. The van der Waals surface area contributed by atoms with Crippen molar-refractivity contribution < 1.29 is 9.18 Å². The first-order chi connectivity index (χ1) is 9.20. The first-order valence-corrected chi connectivity index (χ1v) is 6.95. The molecule has 1 amide bonds. The largest absolute Gasteiger partial charge is 0.355 e. The molecular weight excluding hydrogens is 243 g/mol. The van der Waals surface area contributed by atoms with E-state index in [1.54, 1.807) is 12.1 Å². The molecule has 1 fully saturated rings. The molecule has 1 aromatic carbocycles. The standard InChI is InChI=1S/C15H21FN2O/c1-2-9-17-15(19)11-18(13-7-8-13)10-12-5-3-4-6-14(12)16/h3-6,13H,2,7-11H2,1H3,(H,17,19). The van der Waals surface area contributed by atoms with E-state index in [2.05, 4.69) is 10.2 Å². The third kappa shape index (κ3) is 4.31. The van der Waals surface area contributed by atoms with Gasteiger partial charge in [-0.05, 0) is 25.3 Å². The fraction of sp³-hybridized carbons (Fsp3) is 0.533. The Labute approximate surface area is 113 Å². The summed E-state index contributed by atoms with van der Waals surface area (Å²) in [7, 11) is 0. The average molecular weight is 264 g/mol. The second-order valence-corrected chi connectivity index (χ2v) is 5.08. The highest BCUT2D eigenvalue weighted by Gasteiger charge is 2.30. The molecular formula is C15H21FN2O. The quantitative estimate of drug-likeness (QED) is 0.819. The molecule has 0 bridgehead atoms. The Morgan fingerprint density at radius 1 is 1.42 bits per heavy atom. The Morgan fingerprint density at radius 3 is 2.79 bits per heavy atom. The first-order valence-electron chi connectivity index (χ1n) is 6.95. The predicted octanol–water partition coefficient (Wildman–Crippen LogP) is 2.32. The Hall–Kier alpha value is -1.42. The van der Waals surface area contributed by atoms with Crippen LogP contribution in [0, 0.1) is 5.82 Å². The maximum absolute atomic E-state index is 13.6. The van der Waals surface area contributed by atoms with Gasteiger partial charge < -0.3 is 5.32 Å². The van der Waals surface area contributed by atoms with Crippen LogP contribution in [0.25, 0.3) is 0 Å². The topological polar surface area (TPSA) is 32.3 Å². The summed E-state index contributed by atoms with van der Waals surface area (Å²) in [6.07, 6.45) is 3.15. The number of hydrogen-bond acceptors (Lipinski definition) is 2. The van der Waals surface area contributed by atoms with Gasteiger partial charge in [0.2, 0.25) is 5.91 Å². The van der Waals surface area contributed by atoms with Gasteiger partial charge >= 0.3 is 0 Å². The van der Waals surface area contributed by atoms with Gasteiger partial charge in [0, 0.05) is 24.7 Å². The van der Waals surface area contributed by atoms with Crippen molar-refractivity contribution in [2.45, 2.75) is 38.8 Å². The fourth-order valence-electron chi connectivity index (χ4n) is 2.10. The molecule has 104 valence electrons.